The Morgan fingerprint density at radius 3 is 1.47 bits per heavy atom. The van der Waals surface area contributed by atoms with Gasteiger partial charge >= 0.3 is 11.9 Å². The van der Waals surface area contributed by atoms with Gasteiger partial charge in [-0.15, -0.1) is 0 Å². The lowest BCUT2D eigenvalue weighted by Gasteiger charge is -2.20. The van der Waals surface area contributed by atoms with Gasteiger partial charge in [-0.3, -0.25) is 0 Å². The zero-order valence-electron chi connectivity index (χ0n) is 17.3. The fourth-order valence-electron chi connectivity index (χ4n) is 3.58. The van der Waals surface area contributed by atoms with Crippen molar-refractivity contribution in [2.24, 2.45) is 0 Å². The zero-order chi connectivity index (χ0) is 22.8. The standard InChI is InChI=1S/C22H20N6O4/c1-31-21(29)11-3-5-13(19-25-7-8-26-19)17(23)15(11)16-12(22(30)32-2)4-6-14(18(16)24)20-27-9-10-28-20/h3-10H,23-24H2,1-2H3,(H,25,26)(H,27,28). The predicted molar refractivity (Wildman–Crippen MR) is 119 cm³/mol. The molecule has 0 amide bonds. The maximum absolute atomic E-state index is 12.7. The Bertz CT molecular complexity index is 1190. The second-order valence-electron chi connectivity index (χ2n) is 6.76. The van der Waals surface area contributed by atoms with Gasteiger partial charge in [-0.1, -0.05) is 0 Å². The molecule has 0 radical (unpaired) electrons. The van der Waals surface area contributed by atoms with Crippen molar-refractivity contribution in [1.29, 1.82) is 0 Å². The number of hydrogen-bond acceptors (Lipinski definition) is 8. The van der Waals surface area contributed by atoms with Crippen molar-refractivity contribution in [1.82, 2.24) is 19.9 Å². The highest BCUT2D eigenvalue weighted by Gasteiger charge is 2.27. The van der Waals surface area contributed by atoms with Gasteiger partial charge in [0.15, 0.2) is 0 Å². The van der Waals surface area contributed by atoms with Gasteiger partial charge in [-0.25, -0.2) is 19.6 Å². The van der Waals surface area contributed by atoms with Gasteiger partial charge in [0.05, 0.1) is 36.7 Å². The van der Waals surface area contributed by atoms with E-state index in [9.17, 15) is 9.59 Å². The molecule has 0 bridgehead atoms. The van der Waals surface area contributed by atoms with Crippen LogP contribution in [-0.4, -0.2) is 46.1 Å². The predicted octanol–water partition coefficient (Wildman–Crippen LogP) is 2.87. The van der Waals surface area contributed by atoms with Gasteiger partial charge in [0.2, 0.25) is 0 Å². The van der Waals surface area contributed by atoms with Gasteiger partial charge in [-0.05, 0) is 24.3 Å². The number of ether oxygens (including phenoxy) is 2. The summed E-state index contributed by atoms with van der Waals surface area (Å²) in [6, 6.07) is 6.40. The molecule has 2 heterocycles. The van der Waals surface area contributed by atoms with E-state index in [1.807, 2.05) is 0 Å². The van der Waals surface area contributed by atoms with E-state index >= 15 is 0 Å². The van der Waals surface area contributed by atoms with Gasteiger partial charge in [0.1, 0.15) is 11.6 Å². The molecule has 0 saturated heterocycles. The molecular weight excluding hydrogens is 412 g/mol. The summed E-state index contributed by atoms with van der Waals surface area (Å²) in [6.45, 7) is 0. The molecule has 0 fully saturated rings. The Morgan fingerprint density at radius 1 is 0.750 bits per heavy atom. The molecule has 0 aliphatic heterocycles. The Kier molecular flexibility index (Phi) is 5.34. The molecule has 0 aliphatic carbocycles. The van der Waals surface area contributed by atoms with Crippen LogP contribution < -0.4 is 11.5 Å². The third kappa shape index (κ3) is 3.33. The number of aromatic nitrogens is 4. The summed E-state index contributed by atoms with van der Waals surface area (Å²) in [5.41, 5.74) is 15.3. The fraction of sp³-hybridized carbons (Fsp3) is 0.0909. The highest BCUT2D eigenvalue weighted by Crippen LogP contribution is 2.44. The second-order valence-corrected chi connectivity index (χ2v) is 6.76. The number of methoxy groups -OCH3 is 2. The van der Waals surface area contributed by atoms with E-state index in [-0.39, 0.29) is 33.6 Å². The van der Waals surface area contributed by atoms with Gasteiger partial charge in [-0.2, -0.15) is 0 Å². The van der Waals surface area contributed by atoms with Crippen LogP contribution in [0.25, 0.3) is 33.9 Å². The number of nitrogens with two attached hydrogens (primary N) is 2. The number of aromatic amines is 2. The van der Waals surface area contributed by atoms with Gasteiger partial charge in [0.25, 0.3) is 0 Å². The van der Waals surface area contributed by atoms with Crippen molar-refractivity contribution in [2.45, 2.75) is 0 Å². The number of carbonyl (C=O) groups is 2. The molecule has 162 valence electrons. The molecular formula is C22H20N6O4. The van der Waals surface area contributed by atoms with E-state index in [1.54, 1.807) is 49.1 Å². The Hall–Kier alpha value is -4.60. The van der Waals surface area contributed by atoms with E-state index < -0.39 is 11.9 Å². The Morgan fingerprint density at radius 2 is 1.16 bits per heavy atom. The van der Waals surface area contributed by atoms with Crippen LogP contribution in [0.3, 0.4) is 0 Å². The summed E-state index contributed by atoms with van der Waals surface area (Å²) in [7, 11) is 2.51. The molecule has 4 rings (SSSR count). The van der Waals surface area contributed by atoms with Crippen molar-refractivity contribution in [3.63, 3.8) is 0 Å². The lowest BCUT2D eigenvalue weighted by Crippen LogP contribution is -2.12. The van der Waals surface area contributed by atoms with Crippen LogP contribution in [0, 0.1) is 0 Å². The first kappa shape index (κ1) is 20.7. The minimum absolute atomic E-state index is 0.133. The normalized spacial score (nSPS) is 10.7. The van der Waals surface area contributed by atoms with Gasteiger partial charge < -0.3 is 30.9 Å². The number of imidazole rings is 2. The molecule has 0 unspecified atom stereocenters. The lowest BCUT2D eigenvalue weighted by atomic mass is 9.88. The molecule has 10 heteroatoms. The molecule has 2 aromatic carbocycles. The van der Waals surface area contributed by atoms with Crippen molar-refractivity contribution in [2.75, 3.05) is 25.7 Å². The summed E-state index contributed by atoms with van der Waals surface area (Å²) in [4.78, 5) is 39.8. The second kappa shape index (κ2) is 8.26. The first-order chi connectivity index (χ1) is 15.5. The summed E-state index contributed by atoms with van der Waals surface area (Å²) >= 11 is 0. The molecule has 32 heavy (non-hydrogen) atoms. The van der Waals surface area contributed by atoms with Crippen LogP contribution in [0.1, 0.15) is 20.7 Å². The smallest absolute Gasteiger partial charge is 0.338 e. The highest BCUT2D eigenvalue weighted by atomic mass is 16.5. The quantitative estimate of drug-likeness (QED) is 0.276. The number of hydrogen-bond donors (Lipinski definition) is 4. The number of H-pyrrole nitrogens is 2. The van der Waals surface area contributed by atoms with E-state index in [1.165, 1.54) is 14.2 Å². The first-order valence-corrected chi connectivity index (χ1v) is 9.49. The highest BCUT2D eigenvalue weighted by molar-refractivity contribution is 6.12. The van der Waals surface area contributed by atoms with E-state index in [0.717, 1.165) is 0 Å². The molecule has 0 atom stereocenters. The Labute approximate surface area is 182 Å². The third-order valence-electron chi connectivity index (χ3n) is 5.06. The maximum Gasteiger partial charge on any atom is 0.338 e. The topological polar surface area (TPSA) is 162 Å². The molecule has 2 aromatic heterocycles. The molecule has 6 N–H and O–H groups in total. The van der Waals surface area contributed by atoms with Crippen LogP contribution in [0.2, 0.25) is 0 Å². The fourth-order valence-corrected chi connectivity index (χ4v) is 3.58. The Balaban J connectivity index is 2.11. The number of nitrogens with zero attached hydrogens (tertiary/aromatic N) is 2. The van der Waals surface area contributed by atoms with Crippen molar-refractivity contribution in [3.05, 3.63) is 60.2 Å². The molecule has 4 aromatic rings. The minimum atomic E-state index is -0.642. The van der Waals surface area contributed by atoms with Crippen LogP contribution in [0.4, 0.5) is 11.4 Å². The number of nitrogens with one attached hydrogen (secondary N) is 2. The largest absolute Gasteiger partial charge is 0.465 e. The molecule has 0 saturated carbocycles. The molecule has 10 nitrogen and oxygen atoms in total. The average molecular weight is 432 g/mol. The van der Waals surface area contributed by atoms with Crippen LogP contribution in [0.15, 0.2) is 49.1 Å². The van der Waals surface area contributed by atoms with Gasteiger partial charge in [0, 0.05) is 47.0 Å². The summed E-state index contributed by atoms with van der Waals surface area (Å²) < 4.78 is 9.92. The van der Waals surface area contributed by atoms with Crippen molar-refractivity contribution in [3.8, 4) is 33.9 Å². The summed E-state index contributed by atoms with van der Waals surface area (Å²) in [6.07, 6.45) is 6.45. The number of benzene rings is 2. The molecule has 0 spiro atoms. The zero-order valence-corrected chi connectivity index (χ0v) is 17.3. The average Bonchev–Trinajstić information content (AvgIpc) is 3.52. The SMILES string of the molecule is COC(=O)c1ccc(-c2ncc[nH]2)c(N)c1-c1c(C(=O)OC)ccc(-c2ncc[nH]2)c1N. The van der Waals surface area contributed by atoms with Crippen molar-refractivity contribution < 1.29 is 19.1 Å². The number of esters is 2. The monoisotopic (exact) mass is 432 g/mol. The summed E-state index contributed by atoms with van der Waals surface area (Å²) in [5.74, 6) is -0.311. The van der Waals surface area contributed by atoms with Crippen LogP contribution in [0.5, 0.6) is 0 Å². The van der Waals surface area contributed by atoms with E-state index in [2.05, 4.69) is 19.9 Å². The van der Waals surface area contributed by atoms with Crippen LogP contribution in [-0.2, 0) is 9.47 Å². The maximum atomic E-state index is 12.7. The first-order valence-electron chi connectivity index (χ1n) is 9.49. The molecule has 0 aliphatic rings. The van der Waals surface area contributed by atoms with Crippen LogP contribution >= 0.6 is 0 Å². The van der Waals surface area contributed by atoms with E-state index in [4.69, 9.17) is 20.9 Å². The van der Waals surface area contributed by atoms with Crippen molar-refractivity contribution >= 4 is 23.3 Å². The number of anilines is 2. The minimum Gasteiger partial charge on any atom is -0.465 e. The lowest BCUT2D eigenvalue weighted by molar-refractivity contribution is 0.0590. The van der Waals surface area contributed by atoms with E-state index in [0.29, 0.717) is 22.8 Å². The number of carbonyl (C=O) groups excluding carboxylic acids is 2. The number of rotatable bonds is 5. The summed E-state index contributed by atoms with van der Waals surface area (Å²) in [5, 5.41) is 0. The third-order valence-corrected chi connectivity index (χ3v) is 5.06. The number of nitrogen functional groups attached to an aromatic ring is 2.